The lowest BCUT2D eigenvalue weighted by molar-refractivity contribution is 0.122. The van der Waals surface area contributed by atoms with Crippen molar-refractivity contribution >= 4 is 0 Å². The van der Waals surface area contributed by atoms with Gasteiger partial charge < -0.3 is 9.84 Å². The Kier molecular flexibility index (Phi) is 4.49. The molecule has 0 atom stereocenters. The van der Waals surface area contributed by atoms with Crippen LogP contribution in [0.2, 0.25) is 0 Å². The molecule has 0 heterocycles. The molecular formula is C20H24O2. The van der Waals surface area contributed by atoms with Crippen LogP contribution in [0, 0.1) is 13.8 Å². The first kappa shape index (κ1) is 15.1. The minimum Gasteiger partial charge on any atom is -0.457 e. The lowest BCUT2D eigenvalue weighted by atomic mass is 9.83. The van der Waals surface area contributed by atoms with Gasteiger partial charge in [-0.3, -0.25) is 0 Å². The van der Waals surface area contributed by atoms with Gasteiger partial charge in [0.2, 0.25) is 0 Å². The van der Waals surface area contributed by atoms with Gasteiger partial charge in [-0.2, -0.15) is 0 Å². The van der Waals surface area contributed by atoms with Gasteiger partial charge in [0, 0.05) is 0 Å². The third-order valence-electron chi connectivity index (χ3n) is 4.61. The highest BCUT2D eigenvalue weighted by Gasteiger charge is 2.20. The van der Waals surface area contributed by atoms with Crippen LogP contribution in [-0.4, -0.2) is 11.2 Å². The van der Waals surface area contributed by atoms with Crippen molar-refractivity contribution in [1.29, 1.82) is 0 Å². The Morgan fingerprint density at radius 2 is 1.59 bits per heavy atom. The van der Waals surface area contributed by atoms with Crippen LogP contribution in [0.15, 0.2) is 42.5 Å². The maximum Gasteiger partial charge on any atom is 0.130 e. The second kappa shape index (κ2) is 6.53. The molecule has 1 aliphatic carbocycles. The fourth-order valence-corrected chi connectivity index (χ4v) is 3.26. The number of aryl methyl sites for hydroxylation is 2. The first-order valence-electron chi connectivity index (χ1n) is 8.15. The normalized spacial score (nSPS) is 21.6. The highest BCUT2D eigenvalue weighted by atomic mass is 16.5. The summed E-state index contributed by atoms with van der Waals surface area (Å²) in [5.74, 6) is 2.38. The Labute approximate surface area is 132 Å². The topological polar surface area (TPSA) is 29.5 Å². The van der Waals surface area contributed by atoms with E-state index in [4.69, 9.17) is 4.74 Å². The average Bonchev–Trinajstić information content (AvgIpc) is 2.52. The zero-order valence-electron chi connectivity index (χ0n) is 13.4. The van der Waals surface area contributed by atoms with Crippen LogP contribution >= 0.6 is 0 Å². The summed E-state index contributed by atoms with van der Waals surface area (Å²) in [6.45, 7) is 4.16. The van der Waals surface area contributed by atoms with E-state index >= 15 is 0 Å². The summed E-state index contributed by atoms with van der Waals surface area (Å²) in [5.41, 5.74) is 3.77. The molecular weight excluding hydrogens is 272 g/mol. The molecule has 0 amide bonds. The molecule has 0 spiro atoms. The summed E-state index contributed by atoms with van der Waals surface area (Å²) in [6.07, 6.45) is 3.91. The second-order valence-electron chi connectivity index (χ2n) is 6.45. The molecule has 1 fully saturated rings. The standard InChI is InChI=1S/C20H24O2/c1-14-3-12-20(15(2)13-14)22-19-10-6-17(7-11-19)16-4-8-18(21)9-5-16/h3,6-7,10-13,16,18,21H,4-5,8-9H2,1-2H3. The summed E-state index contributed by atoms with van der Waals surface area (Å²) in [4.78, 5) is 0. The van der Waals surface area contributed by atoms with Crippen molar-refractivity contribution in [1.82, 2.24) is 0 Å². The van der Waals surface area contributed by atoms with E-state index in [0.717, 1.165) is 42.7 Å². The SMILES string of the molecule is Cc1ccc(Oc2ccc(C3CCC(O)CC3)cc2)c(C)c1. The van der Waals surface area contributed by atoms with E-state index in [-0.39, 0.29) is 6.10 Å². The Morgan fingerprint density at radius 1 is 0.909 bits per heavy atom. The van der Waals surface area contributed by atoms with Crippen LogP contribution in [0.25, 0.3) is 0 Å². The zero-order chi connectivity index (χ0) is 15.5. The molecule has 0 aliphatic heterocycles. The molecule has 0 bridgehead atoms. The van der Waals surface area contributed by atoms with Crippen LogP contribution in [0.4, 0.5) is 0 Å². The van der Waals surface area contributed by atoms with Gasteiger partial charge in [-0.15, -0.1) is 0 Å². The molecule has 2 nitrogen and oxygen atoms in total. The Balaban J connectivity index is 1.69. The van der Waals surface area contributed by atoms with Crippen LogP contribution in [0.3, 0.4) is 0 Å². The molecule has 0 radical (unpaired) electrons. The molecule has 1 N–H and O–H groups in total. The van der Waals surface area contributed by atoms with Crippen molar-refractivity contribution in [2.75, 3.05) is 0 Å². The number of aliphatic hydroxyl groups is 1. The monoisotopic (exact) mass is 296 g/mol. The molecule has 0 saturated heterocycles. The van der Waals surface area contributed by atoms with Crippen molar-refractivity contribution in [3.05, 3.63) is 59.2 Å². The number of benzene rings is 2. The minimum absolute atomic E-state index is 0.0941. The minimum atomic E-state index is -0.0941. The van der Waals surface area contributed by atoms with Gasteiger partial charge in [-0.25, -0.2) is 0 Å². The molecule has 0 unspecified atom stereocenters. The fraction of sp³-hybridized carbons (Fsp3) is 0.400. The highest BCUT2D eigenvalue weighted by molar-refractivity contribution is 5.40. The Bertz CT molecular complexity index is 623. The molecule has 1 saturated carbocycles. The number of rotatable bonds is 3. The summed E-state index contributed by atoms with van der Waals surface area (Å²) < 4.78 is 5.98. The third kappa shape index (κ3) is 3.50. The van der Waals surface area contributed by atoms with Crippen molar-refractivity contribution < 1.29 is 9.84 Å². The molecule has 1 aliphatic rings. The van der Waals surface area contributed by atoms with Gasteiger partial charge in [0.25, 0.3) is 0 Å². The average molecular weight is 296 g/mol. The van der Waals surface area contributed by atoms with Gasteiger partial charge in [0.05, 0.1) is 6.10 Å². The molecule has 0 aromatic heterocycles. The summed E-state index contributed by atoms with van der Waals surface area (Å²) >= 11 is 0. The lowest BCUT2D eigenvalue weighted by Gasteiger charge is -2.25. The molecule has 22 heavy (non-hydrogen) atoms. The largest absolute Gasteiger partial charge is 0.457 e. The van der Waals surface area contributed by atoms with E-state index in [0.29, 0.717) is 5.92 Å². The molecule has 3 rings (SSSR count). The van der Waals surface area contributed by atoms with E-state index in [1.807, 2.05) is 6.07 Å². The highest BCUT2D eigenvalue weighted by Crippen LogP contribution is 2.34. The summed E-state index contributed by atoms with van der Waals surface area (Å²) in [7, 11) is 0. The lowest BCUT2D eigenvalue weighted by Crippen LogP contribution is -2.16. The summed E-state index contributed by atoms with van der Waals surface area (Å²) in [6, 6.07) is 14.7. The van der Waals surface area contributed by atoms with Gasteiger partial charge in [-0.05, 0) is 74.8 Å². The van der Waals surface area contributed by atoms with Gasteiger partial charge in [-0.1, -0.05) is 29.8 Å². The van der Waals surface area contributed by atoms with Gasteiger partial charge >= 0.3 is 0 Å². The van der Waals surface area contributed by atoms with E-state index in [2.05, 4.69) is 50.2 Å². The zero-order valence-corrected chi connectivity index (χ0v) is 13.4. The number of ether oxygens (including phenoxy) is 1. The third-order valence-corrected chi connectivity index (χ3v) is 4.61. The van der Waals surface area contributed by atoms with Crippen LogP contribution in [0.1, 0.15) is 48.3 Å². The first-order valence-corrected chi connectivity index (χ1v) is 8.15. The predicted octanol–water partition coefficient (Wildman–Crippen LogP) is 5.11. The number of hydrogen-bond donors (Lipinski definition) is 1. The van der Waals surface area contributed by atoms with E-state index in [9.17, 15) is 5.11 Å². The molecule has 2 aromatic carbocycles. The van der Waals surface area contributed by atoms with Gasteiger partial charge in [0.15, 0.2) is 0 Å². The maximum absolute atomic E-state index is 9.61. The van der Waals surface area contributed by atoms with Crippen molar-refractivity contribution in [3.63, 3.8) is 0 Å². The number of aliphatic hydroxyl groups excluding tert-OH is 1. The summed E-state index contributed by atoms with van der Waals surface area (Å²) in [5, 5.41) is 9.61. The predicted molar refractivity (Wildman–Crippen MR) is 89.6 cm³/mol. The first-order chi connectivity index (χ1) is 10.6. The van der Waals surface area contributed by atoms with Crippen LogP contribution < -0.4 is 4.74 Å². The Hall–Kier alpha value is -1.80. The van der Waals surface area contributed by atoms with E-state index < -0.39 is 0 Å². The van der Waals surface area contributed by atoms with Crippen molar-refractivity contribution in [3.8, 4) is 11.5 Å². The van der Waals surface area contributed by atoms with Crippen LogP contribution in [-0.2, 0) is 0 Å². The number of hydrogen-bond acceptors (Lipinski definition) is 2. The van der Waals surface area contributed by atoms with Crippen molar-refractivity contribution in [2.45, 2.75) is 51.6 Å². The smallest absolute Gasteiger partial charge is 0.130 e. The Morgan fingerprint density at radius 3 is 2.23 bits per heavy atom. The van der Waals surface area contributed by atoms with Crippen LogP contribution in [0.5, 0.6) is 11.5 Å². The van der Waals surface area contributed by atoms with E-state index in [1.54, 1.807) is 0 Å². The second-order valence-corrected chi connectivity index (χ2v) is 6.45. The van der Waals surface area contributed by atoms with Crippen molar-refractivity contribution in [2.24, 2.45) is 0 Å². The molecule has 2 heteroatoms. The molecule has 2 aromatic rings. The fourth-order valence-electron chi connectivity index (χ4n) is 3.26. The quantitative estimate of drug-likeness (QED) is 0.852. The van der Waals surface area contributed by atoms with E-state index in [1.165, 1.54) is 11.1 Å². The van der Waals surface area contributed by atoms with Gasteiger partial charge in [0.1, 0.15) is 11.5 Å². The molecule has 116 valence electrons. The maximum atomic E-state index is 9.61.